The summed E-state index contributed by atoms with van der Waals surface area (Å²) >= 11 is 0. The zero-order valence-electron chi connectivity index (χ0n) is 13.7. The van der Waals surface area contributed by atoms with Crippen LogP contribution in [0.1, 0.15) is 29.5 Å². The van der Waals surface area contributed by atoms with E-state index in [9.17, 15) is 14.3 Å². The molecular weight excluding hydrogens is 319 g/mol. The highest BCUT2D eigenvalue weighted by molar-refractivity contribution is 5.91. The van der Waals surface area contributed by atoms with Crippen LogP contribution in [0.5, 0.6) is 0 Å². The normalized spacial score (nSPS) is 20.0. The van der Waals surface area contributed by atoms with Crippen LogP contribution < -0.4 is 0 Å². The molecule has 4 rings (SSSR count). The van der Waals surface area contributed by atoms with Crippen LogP contribution in [0, 0.1) is 12.7 Å². The summed E-state index contributed by atoms with van der Waals surface area (Å²) in [6.45, 7) is 1.64. The zero-order chi connectivity index (χ0) is 17.6. The average molecular weight is 336 g/mol. The first-order valence-corrected chi connectivity index (χ1v) is 8.15. The first kappa shape index (κ1) is 15.6. The van der Waals surface area contributed by atoms with Crippen LogP contribution in [-0.4, -0.2) is 21.3 Å². The predicted octanol–water partition coefficient (Wildman–Crippen LogP) is 4.21. The van der Waals surface area contributed by atoms with Crippen molar-refractivity contribution in [2.45, 2.75) is 25.2 Å². The van der Waals surface area contributed by atoms with Gasteiger partial charge >= 0.3 is 5.97 Å². The number of fused-ring (bicyclic) bond motifs is 1. The van der Waals surface area contributed by atoms with Gasteiger partial charge in [-0.1, -0.05) is 30.3 Å². The van der Waals surface area contributed by atoms with Crippen molar-refractivity contribution < 1.29 is 14.3 Å². The van der Waals surface area contributed by atoms with Gasteiger partial charge in [-0.15, -0.1) is 0 Å². The number of benzene rings is 2. The Morgan fingerprint density at radius 1 is 1.32 bits per heavy atom. The highest BCUT2D eigenvalue weighted by atomic mass is 19.1. The molecule has 0 radical (unpaired) electrons. The molecule has 0 saturated carbocycles. The van der Waals surface area contributed by atoms with Gasteiger partial charge in [0.2, 0.25) is 0 Å². The molecule has 25 heavy (non-hydrogen) atoms. The number of hydrogen-bond acceptors (Lipinski definition) is 2. The quantitative estimate of drug-likeness (QED) is 0.753. The Morgan fingerprint density at radius 3 is 2.96 bits per heavy atom. The lowest BCUT2D eigenvalue weighted by Gasteiger charge is -2.24. The number of nitrogens with zero attached hydrogens (tertiary/aromatic N) is 1. The standard InChI is InChI=1S/C20H17FN2O2/c1-12-16(3-2-4-17(12)21)20(19(24)25)8-7-14(10-20)13-5-6-15-11-22-23-18(15)9-13/h2-6,9-11H,7-8H2,1H3,(H,22,23)(H,24,25). The number of aliphatic carboxylic acids is 1. The lowest BCUT2D eigenvalue weighted by molar-refractivity contribution is -0.141. The molecule has 2 N–H and O–H groups in total. The zero-order valence-corrected chi connectivity index (χ0v) is 13.7. The van der Waals surface area contributed by atoms with E-state index in [1.807, 2.05) is 18.2 Å². The predicted molar refractivity (Wildman–Crippen MR) is 93.8 cm³/mol. The molecule has 0 fully saturated rings. The van der Waals surface area contributed by atoms with Gasteiger partial charge in [-0.3, -0.25) is 9.89 Å². The van der Waals surface area contributed by atoms with Gasteiger partial charge in [0.1, 0.15) is 11.2 Å². The van der Waals surface area contributed by atoms with Crippen molar-refractivity contribution in [1.82, 2.24) is 10.2 Å². The van der Waals surface area contributed by atoms with Crippen molar-refractivity contribution >= 4 is 22.4 Å². The topological polar surface area (TPSA) is 66.0 Å². The number of nitrogens with one attached hydrogen (secondary N) is 1. The maximum absolute atomic E-state index is 14.0. The van der Waals surface area contributed by atoms with Crippen molar-refractivity contribution in [1.29, 1.82) is 0 Å². The number of aromatic nitrogens is 2. The smallest absolute Gasteiger partial charge is 0.318 e. The molecule has 4 nitrogen and oxygen atoms in total. The molecule has 1 atom stereocenters. The van der Waals surface area contributed by atoms with E-state index in [4.69, 9.17) is 0 Å². The molecule has 5 heteroatoms. The van der Waals surface area contributed by atoms with Crippen molar-refractivity contribution in [2.24, 2.45) is 0 Å². The van der Waals surface area contributed by atoms with E-state index in [0.29, 0.717) is 24.0 Å². The third-order valence-electron chi connectivity index (χ3n) is 5.15. The molecule has 126 valence electrons. The van der Waals surface area contributed by atoms with Crippen molar-refractivity contribution in [3.05, 3.63) is 71.2 Å². The number of allylic oxidation sites excluding steroid dienone is 1. The second-order valence-electron chi connectivity index (χ2n) is 6.53. The van der Waals surface area contributed by atoms with Gasteiger partial charge in [0.25, 0.3) is 0 Å². The molecule has 0 amide bonds. The number of aromatic amines is 1. The van der Waals surface area contributed by atoms with Crippen LogP contribution in [0.4, 0.5) is 4.39 Å². The lowest BCUT2D eigenvalue weighted by Crippen LogP contribution is -2.32. The summed E-state index contributed by atoms with van der Waals surface area (Å²) in [7, 11) is 0. The summed E-state index contributed by atoms with van der Waals surface area (Å²) in [4.78, 5) is 12.2. The van der Waals surface area contributed by atoms with Gasteiger partial charge in [-0.05, 0) is 54.2 Å². The number of halogens is 1. The van der Waals surface area contributed by atoms with Crippen LogP contribution in [0.3, 0.4) is 0 Å². The van der Waals surface area contributed by atoms with E-state index in [2.05, 4.69) is 10.2 Å². The van der Waals surface area contributed by atoms with Gasteiger partial charge in [-0.2, -0.15) is 5.10 Å². The van der Waals surface area contributed by atoms with Crippen LogP contribution >= 0.6 is 0 Å². The lowest BCUT2D eigenvalue weighted by atomic mass is 9.78. The minimum absolute atomic E-state index is 0.376. The first-order valence-electron chi connectivity index (χ1n) is 8.15. The first-order chi connectivity index (χ1) is 12.0. The van der Waals surface area contributed by atoms with Crippen LogP contribution in [0.25, 0.3) is 16.5 Å². The molecular formula is C20H17FN2O2. The molecule has 3 aromatic rings. The second kappa shape index (κ2) is 5.55. The Hall–Kier alpha value is -2.95. The summed E-state index contributed by atoms with van der Waals surface area (Å²) in [5, 5.41) is 17.9. The minimum atomic E-state index is -1.19. The molecule has 1 aliphatic rings. The Bertz CT molecular complexity index is 1020. The fourth-order valence-corrected chi connectivity index (χ4v) is 3.73. The number of hydrogen-bond donors (Lipinski definition) is 2. The number of carbonyl (C=O) groups is 1. The fourth-order valence-electron chi connectivity index (χ4n) is 3.73. The Balaban J connectivity index is 1.85. The summed E-state index contributed by atoms with van der Waals surface area (Å²) in [5.41, 5.74) is 2.57. The fraction of sp³-hybridized carbons (Fsp3) is 0.200. The molecule has 2 aromatic carbocycles. The highest BCUT2D eigenvalue weighted by Crippen LogP contribution is 2.44. The minimum Gasteiger partial charge on any atom is -0.480 e. The number of H-pyrrole nitrogens is 1. The Kier molecular flexibility index (Phi) is 3.46. The molecule has 0 bridgehead atoms. The van der Waals surface area contributed by atoms with Gasteiger partial charge in [0.05, 0.1) is 11.7 Å². The third kappa shape index (κ3) is 2.35. The second-order valence-corrected chi connectivity index (χ2v) is 6.53. The Morgan fingerprint density at radius 2 is 2.16 bits per heavy atom. The van der Waals surface area contributed by atoms with E-state index in [0.717, 1.165) is 22.0 Å². The maximum Gasteiger partial charge on any atom is 0.318 e. The number of rotatable bonds is 3. The van der Waals surface area contributed by atoms with E-state index < -0.39 is 11.4 Å². The third-order valence-corrected chi connectivity index (χ3v) is 5.15. The van der Waals surface area contributed by atoms with E-state index in [-0.39, 0.29) is 5.82 Å². The summed E-state index contributed by atoms with van der Waals surface area (Å²) in [6, 6.07) is 10.6. The van der Waals surface area contributed by atoms with E-state index >= 15 is 0 Å². The van der Waals surface area contributed by atoms with Gasteiger partial charge in [-0.25, -0.2) is 4.39 Å². The molecule has 1 heterocycles. The Labute approximate surface area is 144 Å². The molecule has 0 saturated heterocycles. The van der Waals surface area contributed by atoms with Crippen LogP contribution in [0.2, 0.25) is 0 Å². The van der Waals surface area contributed by atoms with Crippen LogP contribution in [-0.2, 0) is 10.2 Å². The van der Waals surface area contributed by atoms with Gasteiger partial charge < -0.3 is 5.11 Å². The summed E-state index contributed by atoms with van der Waals surface area (Å²) < 4.78 is 14.0. The molecule has 0 aliphatic heterocycles. The SMILES string of the molecule is Cc1c(F)cccc1C1(C(=O)O)C=C(c2ccc3cn[nH]c3c2)CC1. The molecule has 0 spiro atoms. The highest BCUT2D eigenvalue weighted by Gasteiger charge is 2.43. The number of carboxylic acids is 1. The van der Waals surface area contributed by atoms with Gasteiger partial charge in [0.15, 0.2) is 0 Å². The van der Waals surface area contributed by atoms with E-state index in [1.54, 1.807) is 31.3 Å². The maximum atomic E-state index is 14.0. The van der Waals surface area contributed by atoms with Crippen molar-refractivity contribution in [2.75, 3.05) is 0 Å². The molecule has 1 aromatic heterocycles. The largest absolute Gasteiger partial charge is 0.480 e. The summed E-state index contributed by atoms with van der Waals surface area (Å²) in [6.07, 6.45) is 4.58. The molecule has 1 aliphatic carbocycles. The monoisotopic (exact) mass is 336 g/mol. The number of carboxylic acid groups (broad SMARTS) is 1. The molecule has 1 unspecified atom stereocenters. The summed E-state index contributed by atoms with van der Waals surface area (Å²) in [5.74, 6) is -1.32. The van der Waals surface area contributed by atoms with Crippen molar-refractivity contribution in [3.63, 3.8) is 0 Å². The van der Waals surface area contributed by atoms with Crippen LogP contribution in [0.15, 0.2) is 48.7 Å². The van der Waals surface area contributed by atoms with Gasteiger partial charge in [0, 0.05) is 5.39 Å². The average Bonchev–Trinajstić information content (AvgIpc) is 3.24. The van der Waals surface area contributed by atoms with E-state index in [1.165, 1.54) is 6.07 Å². The van der Waals surface area contributed by atoms with Crippen molar-refractivity contribution in [3.8, 4) is 0 Å².